The molecule has 2 aromatic carbocycles. The number of rotatable bonds is 5. The highest BCUT2D eigenvalue weighted by molar-refractivity contribution is 6.31. The van der Waals surface area contributed by atoms with Crippen molar-refractivity contribution in [2.24, 2.45) is 5.10 Å². The van der Waals surface area contributed by atoms with Crippen molar-refractivity contribution in [2.45, 2.75) is 26.8 Å². The normalized spacial score (nSPS) is 11.6. The fourth-order valence-electron chi connectivity index (χ4n) is 2.30. The zero-order valence-corrected chi connectivity index (χ0v) is 14.2. The number of halogens is 1. The van der Waals surface area contributed by atoms with Crippen LogP contribution in [0.25, 0.3) is 0 Å². The molecule has 0 saturated heterocycles. The van der Waals surface area contributed by atoms with Crippen molar-refractivity contribution in [3.63, 3.8) is 0 Å². The minimum absolute atomic E-state index is 0.259. The summed E-state index contributed by atoms with van der Waals surface area (Å²) in [4.78, 5) is 0. The van der Waals surface area contributed by atoms with Gasteiger partial charge in [0.05, 0.1) is 11.4 Å². The third-order valence-corrected chi connectivity index (χ3v) is 3.64. The Hall–Kier alpha value is -2.00. The van der Waals surface area contributed by atoms with Gasteiger partial charge in [-0.1, -0.05) is 29.8 Å². The molecule has 0 atom stereocenters. The highest BCUT2D eigenvalue weighted by Crippen LogP contribution is 2.23. The van der Waals surface area contributed by atoms with Crippen molar-refractivity contribution in [2.75, 3.05) is 17.4 Å². The minimum atomic E-state index is 0.259. The summed E-state index contributed by atoms with van der Waals surface area (Å²) >= 11 is 6.14. The van der Waals surface area contributed by atoms with Crippen LogP contribution in [0.4, 0.5) is 11.4 Å². The Balaban J connectivity index is 2.43. The summed E-state index contributed by atoms with van der Waals surface area (Å²) in [5.74, 6) is 0. The molecule has 22 heavy (non-hydrogen) atoms. The second kappa shape index (κ2) is 7.32. The van der Waals surface area contributed by atoms with Crippen LogP contribution in [0.2, 0.25) is 5.02 Å². The zero-order chi connectivity index (χ0) is 16.1. The first-order valence-corrected chi connectivity index (χ1v) is 7.78. The Morgan fingerprint density at radius 3 is 2.41 bits per heavy atom. The molecule has 4 heteroatoms. The van der Waals surface area contributed by atoms with Gasteiger partial charge in [0.1, 0.15) is 0 Å². The molecule has 0 aromatic heterocycles. The van der Waals surface area contributed by atoms with Crippen LogP contribution < -0.4 is 10.3 Å². The summed E-state index contributed by atoms with van der Waals surface area (Å²) < 4.78 is 0. The molecular weight excluding hydrogens is 294 g/mol. The molecule has 0 aliphatic rings. The molecule has 0 radical (unpaired) electrons. The predicted octanol–water partition coefficient (Wildman–Crippen LogP) is 5.02. The van der Waals surface area contributed by atoms with Gasteiger partial charge in [0.15, 0.2) is 0 Å². The Morgan fingerprint density at radius 1 is 1.14 bits per heavy atom. The standard InChI is InChI=1S/C18H22ClN3/c1-13(2)22(16-8-6-5-7-9-16)21-14(3)17-12-15(19)10-11-18(17)20-4/h5-13,20H,1-4H3/b21-14+. The Bertz CT molecular complexity index is 651. The van der Waals surface area contributed by atoms with Gasteiger partial charge in [-0.2, -0.15) is 5.10 Å². The SMILES string of the molecule is CNc1ccc(Cl)cc1/C(C)=N/N(c1ccccc1)C(C)C. The van der Waals surface area contributed by atoms with E-state index >= 15 is 0 Å². The Morgan fingerprint density at radius 2 is 1.82 bits per heavy atom. The lowest BCUT2D eigenvalue weighted by atomic mass is 10.1. The second-order valence-electron chi connectivity index (χ2n) is 5.40. The van der Waals surface area contributed by atoms with Crippen molar-refractivity contribution < 1.29 is 0 Å². The summed E-state index contributed by atoms with van der Waals surface area (Å²) in [6.07, 6.45) is 0. The number of benzene rings is 2. The fraction of sp³-hybridized carbons (Fsp3) is 0.278. The predicted molar refractivity (Wildman–Crippen MR) is 97.3 cm³/mol. The topological polar surface area (TPSA) is 27.6 Å². The lowest BCUT2D eigenvalue weighted by Crippen LogP contribution is -2.26. The molecule has 116 valence electrons. The van der Waals surface area contributed by atoms with Gasteiger partial charge in [0, 0.05) is 29.4 Å². The van der Waals surface area contributed by atoms with Crippen molar-refractivity contribution in [3.8, 4) is 0 Å². The monoisotopic (exact) mass is 315 g/mol. The van der Waals surface area contributed by atoms with E-state index in [1.807, 2.05) is 55.4 Å². The van der Waals surface area contributed by atoms with Crippen molar-refractivity contribution in [1.29, 1.82) is 0 Å². The number of anilines is 2. The molecule has 0 bridgehead atoms. The number of hydrogen-bond donors (Lipinski definition) is 1. The quantitative estimate of drug-likeness (QED) is 0.619. The molecule has 0 unspecified atom stereocenters. The van der Waals surface area contributed by atoms with Gasteiger partial charge in [-0.05, 0) is 51.1 Å². The summed E-state index contributed by atoms with van der Waals surface area (Å²) in [7, 11) is 1.90. The van der Waals surface area contributed by atoms with Gasteiger partial charge in [-0.25, -0.2) is 0 Å². The highest BCUT2D eigenvalue weighted by Gasteiger charge is 2.12. The minimum Gasteiger partial charge on any atom is -0.388 e. The van der Waals surface area contributed by atoms with Gasteiger partial charge in [-0.3, -0.25) is 5.01 Å². The van der Waals surface area contributed by atoms with E-state index in [1.165, 1.54) is 0 Å². The number of hydrogen-bond acceptors (Lipinski definition) is 3. The summed E-state index contributed by atoms with van der Waals surface area (Å²) in [5, 5.41) is 10.7. The van der Waals surface area contributed by atoms with Crippen LogP contribution in [-0.2, 0) is 0 Å². The van der Waals surface area contributed by atoms with E-state index < -0.39 is 0 Å². The van der Waals surface area contributed by atoms with Crippen LogP contribution in [0.5, 0.6) is 0 Å². The third kappa shape index (κ3) is 3.80. The first kappa shape index (κ1) is 16.4. The average Bonchev–Trinajstić information content (AvgIpc) is 2.52. The number of nitrogens with one attached hydrogen (secondary N) is 1. The molecule has 0 spiro atoms. The van der Waals surface area contributed by atoms with E-state index in [4.69, 9.17) is 16.7 Å². The Kier molecular flexibility index (Phi) is 5.45. The maximum absolute atomic E-state index is 6.14. The molecular formula is C18H22ClN3. The Labute approximate surface area is 137 Å². The average molecular weight is 316 g/mol. The fourth-order valence-corrected chi connectivity index (χ4v) is 2.47. The molecule has 0 aliphatic heterocycles. The van der Waals surface area contributed by atoms with Gasteiger partial charge < -0.3 is 5.32 Å². The molecule has 0 aliphatic carbocycles. The highest BCUT2D eigenvalue weighted by atomic mass is 35.5. The molecule has 0 saturated carbocycles. The lowest BCUT2D eigenvalue weighted by molar-refractivity contribution is 0.713. The number of hydrazone groups is 1. The van der Waals surface area contributed by atoms with Gasteiger partial charge in [-0.15, -0.1) is 0 Å². The van der Waals surface area contributed by atoms with Gasteiger partial charge in [0.2, 0.25) is 0 Å². The van der Waals surface area contributed by atoms with Crippen molar-refractivity contribution in [1.82, 2.24) is 0 Å². The van der Waals surface area contributed by atoms with Crippen LogP contribution in [0.1, 0.15) is 26.3 Å². The van der Waals surface area contributed by atoms with Crippen LogP contribution in [0, 0.1) is 0 Å². The molecule has 2 aromatic rings. The van der Waals surface area contributed by atoms with Crippen LogP contribution in [0.3, 0.4) is 0 Å². The smallest absolute Gasteiger partial charge is 0.0672 e. The summed E-state index contributed by atoms with van der Waals surface area (Å²) in [5.41, 5.74) is 4.02. The lowest BCUT2D eigenvalue weighted by Gasteiger charge is -2.24. The van der Waals surface area contributed by atoms with E-state index in [-0.39, 0.29) is 6.04 Å². The first-order valence-electron chi connectivity index (χ1n) is 7.40. The van der Waals surface area contributed by atoms with Crippen LogP contribution in [0.15, 0.2) is 53.6 Å². The third-order valence-electron chi connectivity index (χ3n) is 3.41. The molecule has 1 N–H and O–H groups in total. The largest absolute Gasteiger partial charge is 0.388 e. The molecule has 0 fully saturated rings. The summed E-state index contributed by atoms with van der Waals surface area (Å²) in [6.45, 7) is 6.26. The van der Waals surface area contributed by atoms with Gasteiger partial charge in [0.25, 0.3) is 0 Å². The number of para-hydroxylation sites is 1. The molecule has 3 nitrogen and oxygen atoms in total. The van der Waals surface area contributed by atoms with E-state index in [0.29, 0.717) is 5.02 Å². The van der Waals surface area contributed by atoms with Crippen molar-refractivity contribution in [3.05, 3.63) is 59.1 Å². The van der Waals surface area contributed by atoms with E-state index in [9.17, 15) is 0 Å². The first-order chi connectivity index (χ1) is 10.5. The molecule has 0 amide bonds. The van der Waals surface area contributed by atoms with E-state index in [1.54, 1.807) is 0 Å². The van der Waals surface area contributed by atoms with Crippen molar-refractivity contribution >= 4 is 28.7 Å². The van der Waals surface area contributed by atoms with Crippen LogP contribution >= 0.6 is 11.6 Å². The molecule has 0 heterocycles. The second-order valence-corrected chi connectivity index (χ2v) is 5.84. The van der Waals surface area contributed by atoms with Crippen LogP contribution in [-0.4, -0.2) is 18.8 Å². The number of nitrogens with zero attached hydrogens (tertiary/aromatic N) is 2. The van der Waals surface area contributed by atoms with E-state index in [2.05, 4.69) is 31.3 Å². The maximum Gasteiger partial charge on any atom is 0.0672 e. The van der Waals surface area contributed by atoms with E-state index in [0.717, 1.165) is 22.6 Å². The molecule has 2 rings (SSSR count). The maximum atomic E-state index is 6.14. The summed E-state index contributed by atoms with van der Waals surface area (Å²) in [6, 6.07) is 16.2. The van der Waals surface area contributed by atoms with Gasteiger partial charge >= 0.3 is 0 Å². The zero-order valence-electron chi connectivity index (χ0n) is 13.5.